The van der Waals surface area contributed by atoms with Crippen LogP contribution in [0.25, 0.3) is 10.9 Å². The first-order chi connectivity index (χ1) is 8.78. The van der Waals surface area contributed by atoms with E-state index in [0.717, 1.165) is 9.83 Å². The molecule has 0 aliphatic heterocycles. The summed E-state index contributed by atoms with van der Waals surface area (Å²) in [7, 11) is -3.45. The molecule has 1 heterocycles. The van der Waals surface area contributed by atoms with Crippen LogP contribution in [0.4, 0.5) is 5.69 Å². The molecule has 8 heteroatoms. The number of rotatable bonds is 3. The highest BCUT2D eigenvalue weighted by Crippen LogP contribution is 2.27. The van der Waals surface area contributed by atoms with Gasteiger partial charge < -0.3 is 5.11 Å². The minimum Gasteiger partial charge on any atom is -0.477 e. The second-order valence-corrected chi connectivity index (χ2v) is 6.78. The van der Waals surface area contributed by atoms with E-state index < -0.39 is 16.0 Å². The van der Waals surface area contributed by atoms with Crippen molar-refractivity contribution in [1.82, 2.24) is 4.98 Å². The summed E-state index contributed by atoms with van der Waals surface area (Å²) >= 11 is 2.08. The first-order valence-electron chi connectivity index (χ1n) is 5.08. The van der Waals surface area contributed by atoms with Gasteiger partial charge in [-0.15, -0.1) is 0 Å². The molecule has 2 aromatic rings. The topological polar surface area (TPSA) is 96.4 Å². The summed E-state index contributed by atoms with van der Waals surface area (Å²) in [5.41, 5.74) is 0.448. The largest absolute Gasteiger partial charge is 0.477 e. The van der Waals surface area contributed by atoms with Gasteiger partial charge in [-0.25, -0.2) is 18.2 Å². The number of pyridine rings is 1. The van der Waals surface area contributed by atoms with Gasteiger partial charge in [-0.2, -0.15) is 0 Å². The zero-order valence-electron chi connectivity index (χ0n) is 9.71. The van der Waals surface area contributed by atoms with Crippen molar-refractivity contribution in [1.29, 1.82) is 0 Å². The van der Waals surface area contributed by atoms with Gasteiger partial charge in [0.2, 0.25) is 10.0 Å². The van der Waals surface area contributed by atoms with Crippen molar-refractivity contribution < 1.29 is 18.3 Å². The van der Waals surface area contributed by atoms with Crippen molar-refractivity contribution >= 4 is 55.2 Å². The maximum Gasteiger partial charge on any atom is 0.354 e. The molecule has 0 spiro atoms. The molecule has 0 bridgehead atoms. The summed E-state index contributed by atoms with van der Waals surface area (Å²) in [6.07, 6.45) is 1.03. The van der Waals surface area contributed by atoms with Gasteiger partial charge in [-0.1, -0.05) is 0 Å². The van der Waals surface area contributed by atoms with Crippen molar-refractivity contribution in [2.75, 3.05) is 11.0 Å². The summed E-state index contributed by atoms with van der Waals surface area (Å²) in [4.78, 5) is 14.9. The number of carboxylic acids is 1. The van der Waals surface area contributed by atoms with Gasteiger partial charge >= 0.3 is 5.97 Å². The van der Waals surface area contributed by atoms with E-state index in [1.54, 1.807) is 18.2 Å². The van der Waals surface area contributed by atoms with Gasteiger partial charge in [0, 0.05) is 8.96 Å². The Labute approximate surface area is 123 Å². The minimum atomic E-state index is -3.45. The summed E-state index contributed by atoms with van der Waals surface area (Å²) in [6.45, 7) is 0. The zero-order valence-corrected chi connectivity index (χ0v) is 12.7. The molecule has 0 unspecified atom stereocenters. The molecule has 0 fully saturated rings. The quantitative estimate of drug-likeness (QED) is 0.779. The Morgan fingerprint density at radius 1 is 1.32 bits per heavy atom. The van der Waals surface area contributed by atoms with Crippen LogP contribution in [-0.4, -0.2) is 30.7 Å². The van der Waals surface area contributed by atoms with E-state index in [0.29, 0.717) is 10.9 Å². The van der Waals surface area contributed by atoms with Crippen LogP contribution in [0, 0.1) is 3.57 Å². The van der Waals surface area contributed by atoms with E-state index in [1.165, 1.54) is 6.07 Å². The first-order valence-corrected chi connectivity index (χ1v) is 8.05. The van der Waals surface area contributed by atoms with E-state index >= 15 is 0 Å². The number of hydrogen-bond donors (Lipinski definition) is 2. The number of hydrogen-bond acceptors (Lipinski definition) is 4. The number of nitrogens with zero attached hydrogens (tertiary/aromatic N) is 1. The second kappa shape index (κ2) is 4.93. The van der Waals surface area contributed by atoms with E-state index in [4.69, 9.17) is 5.11 Å². The van der Waals surface area contributed by atoms with Gasteiger partial charge in [0.25, 0.3) is 0 Å². The summed E-state index contributed by atoms with van der Waals surface area (Å²) < 4.78 is 25.8. The lowest BCUT2D eigenvalue weighted by Crippen LogP contribution is -2.11. The third-order valence-corrected chi connectivity index (χ3v) is 3.85. The molecular formula is C11H9IN2O4S. The van der Waals surface area contributed by atoms with Crippen LogP contribution in [0.15, 0.2) is 24.3 Å². The van der Waals surface area contributed by atoms with Crippen LogP contribution in [0.5, 0.6) is 0 Å². The monoisotopic (exact) mass is 392 g/mol. The molecule has 0 saturated carbocycles. The Kier molecular flexibility index (Phi) is 3.63. The zero-order chi connectivity index (χ0) is 14.2. The number of sulfonamides is 1. The van der Waals surface area contributed by atoms with Crippen molar-refractivity contribution in [3.05, 3.63) is 33.5 Å². The number of aromatic nitrogens is 1. The molecule has 1 aromatic heterocycles. The van der Waals surface area contributed by atoms with Gasteiger partial charge in [-0.05, 0) is 46.9 Å². The number of aromatic carboxylic acids is 1. The average Bonchev–Trinajstić information content (AvgIpc) is 2.31. The fourth-order valence-corrected chi connectivity index (χ4v) is 2.76. The third-order valence-electron chi connectivity index (χ3n) is 2.32. The van der Waals surface area contributed by atoms with E-state index in [9.17, 15) is 13.2 Å². The Morgan fingerprint density at radius 3 is 2.58 bits per heavy atom. The Morgan fingerprint density at radius 2 is 2.00 bits per heavy atom. The maximum absolute atomic E-state index is 11.3. The third kappa shape index (κ3) is 3.13. The number of halogens is 1. The fraction of sp³-hybridized carbons (Fsp3) is 0.0909. The molecule has 0 radical (unpaired) electrons. The first kappa shape index (κ1) is 14.0. The SMILES string of the molecule is CS(=O)(=O)Nc1ccc(I)c2ccc(C(=O)O)nc12. The summed E-state index contributed by atoms with van der Waals surface area (Å²) in [5, 5.41) is 9.63. The Balaban J connectivity index is 2.74. The molecule has 0 atom stereocenters. The normalized spacial score (nSPS) is 11.5. The molecule has 0 amide bonds. The summed E-state index contributed by atoms with van der Waals surface area (Å²) in [5.74, 6) is -1.16. The molecule has 100 valence electrons. The molecule has 2 N–H and O–H groups in total. The predicted molar refractivity (Wildman–Crippen MR) is 79.9 cm³/mol. The van der Waals surface area contributed by atoms with Crippen LogP contribution < -0.4 is 4.72 Å². The lowest BCUT2D eigenvalue weighted by atomic mass is 10.2. The van der Waals surface area contributed by atoms with E-state index in [2.05, 4.69) is 32.3 Å². The van der Waals surface area contributed by atoms with Crippen LogP contribution in [0.2, 0.25) is 0 Å². The van der Waals surface area contributed by atoms with Crippen LogP contribution in [0.3, 0.4) is 0 Å². The van der Waals surface area contributed by atoms with Gasteiger partial charge in [0.15, 0.2) is 0 Å². The van der Waals surface area contributed by atoms with Crippen molar-refractivity contribution in [3.63, 3.8) is 0 Å². The number of nitrogens with one attached hydrogen (secondary N) is 1. The smallest absolute Gasteiger partial charge is 0.354 e. The second-order valence-electron chi connectivity index (χ2n) is 3.87. The number of benzene rings is 1. The van der Waals surface area contributed by atoms with Gasteiger partial charge in [0.1, 0.15) is 5.69 Å². The van der Waals surface area contributed by atoms with E-state index in [-0.39, 0.29) is 11.4 Å². The predicted octanol–water partition coefficient (Wildman–Crippen LogP) is 1.91. The van der Waals surface area contributed by atoms with Crippen LogP contribution in [0.1, 0.15) is 10.5 Å². The lowest BCUT2D eigenvalue weighted by Gasteiger charge is -2.09. The molecule has 19 heavy (non-hydrogen) atoms. The van der Waals surface area contributed by atoms with Crippen LogP contribution in [-0.2, 0) is 10.0 Å². The molecule has 1 aromatic carbocycles. The number of carboxylic acid groups (broad SMARTS) is 1. The molecule has 0 aliphatic rings. The fourth-order valence-electron chi connectivity index (χ4n) is 1.58. The lowest BCUT2D eigenvalue weighted by molar-refractivity contribution is 0.0691. The standard InChI is InChI=1S/C11H9IN2O4S/c1-19(17,18)14-8-5-3-7(12)6-2-4-9(11(15)16)13-10(6)8/h2-5,14H,1H3,(H,15,16). The Bertz CT molecular complexity index is 774. The molecular weight excluding hydrogens is 383 g/mol. The van der Waals surface area contributed by atoms with Crippen molar-refractivity contribution in [2.45, 2.75) is 0 Å². The molecule has 0 saturated heterocycles. The average molecular weight is 392 g/mol. The van der Waals surface area contributed by atoms with Crippen molar-refractivity contribution in [3.8, 4) is 0 Å². The number of carbonyl (C=O) groups is 1. The number of anilines is 1. The minimum absolute atomic E-state index is 0.133. The highest BCUT2D eigenvalue weighted by molar-refractivity contribution is 14.1. The number of fused-ring (bicyclic) bond motifs is 1. The highest BCUT2D eigenvalue weighted by atomic mass is 127. The van der Waals surface area contributed by atoms with Crippen molar-refractivity contribution in [2.24, 2.45) is 0 Å². The molecule has 6 nitrogen and oxygen atoms in total. The van der Waals surface area contributed by atoms with Gasteiger partial charge in [0.05, 0.1) is 17.5 Å². The van der Waals surface area contributed by atoms with E-state index in [1.807, 2.05) is 0 Å². The highest BCUT2D eigenvalue weighted by Gasteiger charge is 2.12. The molecule has 2 rings (SSSR count). The maximum atomic E-state index is 11.3. The summed E-state index contributed by atoms with van der Waals surface area (Å²) in [6, 6.07) is 6.29. The van der Waals surface area contributed by atoms with Crippen LogP contribution >= 0.6 is 22.6 Å². The Hall–Kier alpha value is -1.42. The molecule has 0 aliphatic carbocycles. The van der Waals surface area contributed by atoms with Gasteiger partial charge in [-0.3, -0.25) is 4.72 Å².